The zero-order valence-electron chi connectivity index (χ0n) is 17.7. The van der Waals surface area contributed by atoms with E-state index in [0.717, 1.165) is 24.9 Å². The molecule has 6 nitrogen and oxygen atoms in total. The van der Waals surface area contributed by atoms with Crippen molar-refractivity contribution in [2.45, 2.75) is 37.3 Å². The van der Waals surface area contributed by atoms with Crippen LogP contribution < -0.4 is 5.32 Å². The average Bonchev–Trinajstić information content (AvgIpc) is 3.12. The van der Waals surface area contributed by atoms with Gasteiger partial charge in [-0.2, -0.15) is 0 Å². The highest BCUT2D eigenvalue weighted by atomic mass is 32.1. The quantitative estimate of drug-likeness (QED) is 0.627. The maximum absolute atomic E-state index is 13.5. The molecule has 1 fully saturated rings. The van der Waals surface area contributed by atoms with Gasteiger partial charge in [-0.25, -0.2) is 14.2 Å². The summed E-state index contributed by atoms with van der Waals surface area (Å²) in [4.78, 5) is 21.8. The number of phenolic OH excluding ortho intramolecular Hbond substituents is 1. The standard InChI is InChI=1S/C23H25FN4O2S/c1-23-8-9-27(2)18(10-13-4-6-15(29)12-16(13)23)20(23)28(3)22(30)26-21-25-17-7-5-14(24)11-19(17)31-21/h4-7,11-12,18,20,29H,8-10H2,1-3H3,(H,25,26,30)/t18-,20+,23-/m1/s1. The second kappa shape index (κ2) is 7.17. The van der Waals surface area contributed by atoms with Crippen molar-refractivity contribution in [2.75, 3.05) is 26.0 Å². The van der Waals surface area contributed by atoms with E-state index in [1.807, 2.05) is 19.2 Å². The van der Waals surface area contributed by atoms with Crippen LogP contribution in [0.5, 0.6) is 5.75 Å². The molecule has 1 aromatic heterocycles. The van der Waals surface area contributed by atoms with Crippen molar-refractivity contribution in [3.63, 3.8) is 0 Å². The van der Waals surface area contributed by atoms with Crippen LogP contribution in [-0.2, 0) is 11.8 Å². The van der Waals surface area contributed by atoms with Crippen LogP contribution in [0.2, 0.25) is 0 Å². The highest BCUT2D eigenvalue weighted by molar-refractivity contribution is 7.22. The largest absolute Gasteiger partial charge is 0.508 e. The lowest BCUT2D eigenvalue weighted by Gasteiger charge is -2.57. The van der Waals surface area contributed by atoms with E-state index in [1.165, 1.54) is 29.0 Å². The van der Waals surface area contributed by atoms with Crippen LogP contribution in [0.25, 0.3) is 10.2 Å². The summed E-state index contributed by atoms with van der Waals surface area (Å²) in [6.07, 6.45) is 1.71. The lowest BCUT2D eigenvalue weighted by molar-refractivity contribution is 0.0213. The number of aromatic hydroxyl groups is 1. The Bertz CT molecular complexity index is 1180. The normalized spacial score (nSPS) is 25.3. The van der Waals surface area contributed by atoms with Gasteiger partial charge in [0.25, 0.3) is 0 Å². The number of phenols is 1. The summed E-state index contributed by atoms with van der Waals surface area (Å²) >= 11 is 1.26. The Kier molecular flexibility index (Phi) is 4.67. The van der Waals surface area contributed by atoms with Crippen LogP contribution in [0, 0.1) is 5.82 Å². The molecule has 1 aliphatic heterocycles. The molecule has 3 aromatic rings. The Morgan fingerprint density at radius 3 is 2.97 bits per heavy atom. The number of likely N-dealkylation sites (N-methyl/N-ethyl adjacent to an activating group) is 2. The van der Waals surface area contributed by atoms with Crippen molar-refractivity contribution in [2.24, 2.45) is 0 Å². The zero-order chi connectivity index (χ0) is 21.9. The number of thiazole rings is 1. The summed E-state index contributed by atoms with van der Waals surface area (Å²) in [5, 5.41) is 13.5. The minimum absolute atomic E-state index is 0.0626. The highest BCUT2D eigenvalue weighted by Gasteiger charge is 2.52. The van der Waals surface area contributed by atoms with Gasteiger partial charge >= 0.3 is 6.03 Å². The SMILES string of the molecule is CN1CC[C@]2(C)c3cc(O)ccc3C[C@@H]1[C@@H]2N(C)C(=O)Nc1nc2ccc(F)cc2s1. The molecule has 2 heterocycles. The van der Waals surface area contributed by atoms with E-state index in [9.17, 15) is 14.3 Å². The Hall–Kier alpha value is -2.71. The lowest BCUT2D eigenvalue weighted by Crippen LogP contribution is -2.67. The van der Waals surface area contributed by atoms with E-state index in [0.29, 0.717) is 15.3 Å². The number of amides is 2. The highest BCUT2D eigenvalue weighted by Crippen LogP contribution is 2.47. The van der Waals surface area contributed by atoms with Crippen molar-refractivity contribution >= 4 is 32.7 Å². The number of hydrogen-bond acceptors (Lipinski definition) is 5. The van der Waals surface area contributed by atoms with Crippen molar-refractivity contribution in [1.29, 1.82) is 0 Å². The molecule has 1 aliphatic carbocycles. The molecule has 1 saturated heterocycles. The van der Waals surface area contributed by atoms with Crippen molar-refractivity contribution in [1.82, 2.24) is 14.8 Å². The average molecular weight is 441 g/mol. The summed E-state index contributed by atoms with van der Waals surface area (Å²) in [7, 11) is 3.93. The fourth-order valence-corrected chi connectivity index (χ4v) is 6.27. The fraction of sp³-hybridized carbons (Fsp3) is 0.391. The second-order valence-electron chi connectivity index (χ2n) is 8.88. The Balaban J connectivity index is 1.46. The van der Waals surface area contributed by atoms with Gasteiger partial charge in [-0.15, -0.1) is 0 Å². The number of rotatable bonds is 2. The van der Waals surface area contributed by atoms with Crippen molar-refractivity contribution < 1.29 is 14.3 Å². The van der Waals surface area contributed by atoms with Crippen LogP contribution >= 0.6 is 11.3 Å². The first-order chi connectivity index (χ1) is 14.8. The van der Waals surface area contributed by atoms with Gasteiger partial charge in [0.05, 0.1) is 16.3 Å². The molecule has 2 amide bonds. The number of anilines is 1. The van der Waals surface area contributed by atoms with E-state index >= 15 is 0 Å². The van der Waals surface area contributed by atoms with Crippen LogP contribution in [0.4, 0.5) is 14.3 Å². The van der Waals surface area contributed by atoms with Gasteiger partial charge in [-0.1, -0.05) is 24.3 Å². The van der Waals surface area contributed by atoms with Gasteiger partial charge in [-0.3, -0.25) is 5.32 Å². The molecule has 2 N–H and O–H groups in total. The van der Waals surface area contributed by atoms with Gasteiger partial charge in [0.2, 0.25) is 0 Å². The van der Waals surface area contributed by atoms with Crippen molar-refractivity contribution in [3.05, 3.63) is 53.3 Å². The minimum atomic E-state index is -0.320. The number of carbonyl (C=O) groups is 1. The first-order valence-corrected chi connectivity index (χ1v) is 11.2. The summed E-state index contributed by atoms with van der Waals surface area (Å²) in [6, 6.07) is 9.89. The second-order valence-corrected chi connectivity index (χ2v) is 9.91. The van der Waals surface area contributed by atoms with Crippen LogP contribution in [0.3, 0.4) is 0 Å². The summed E-state index contributed by atoms with van der Waals surface area (Å²) in [6.45, 7) is 3.13. The summed E-state index contributed by atoms with van der Waals surface area (Å²) in [5.41, 5.74) is 2.74. The summed E-state index contributed by atoms with van der Waals surface area (Å²) in [5.74, 6) is -0.0658. The topological polar surface area (TPSA) is 68.7 Å². The molecule has 3 atom stereocenters. The minimum Gasteiger partial charge on any atom is -0.508 e. The molecule has 8 heteroatoms. The number of hydrogen-bond donors (Lipinski definition) is 2. The molecule has 162 valence electrons. The zero-order valence-corrected chi connectivity index (χ0v) is 18.5. The molecule has 2 bridgehead atoms. The van der Waals surface area contributed by atoms with E-state index in [2.05, 4.69) is 29.2 Å². The Labute approximate surface area is 184 Å². The summed E-state index contributed by atoms with van der Waals surface area (Å²) < 4.78 is 14.2. The number of fused-ring (bicyclic) bond motifs is 5. The number of nitrogens with one attached hydrogen (secondary N) is 1. The van der Waals surface area contributed by atoms with Gasteiger partial charge < -0.3 is 14.9 Å². The molecular formula is C23H25FN4O2S. The Morgan fingerprint density at radius 1 is 1.35 bits per heavy atom. The third-order valence-electron chi connectivity index (χ3n) is 7.01. The predicted molar refractivity (Wildman–Crippen MR) is 120 cm³/mol. The molecule has 0 unspecified atom stereocenters. The number of benzene rings is 2. The predicted octanol–water partition coefficient (Wildman–Crippen LogP) is 4.19. The fourth-order valence-electron chi connectivity index (χ4n) is 5.39. The Morgan fingerprint density at radius 2 is 2.16 bits per heavy atom. The monoisotopic (exact) mass is 440 g/mol. The lowest BCUT2D eigenvalue weighted by atomic mass is 9.61. The van der Waals surface area contributed by atoms with Gasteiger partial charge in [0.15, 0.2) is 5.13 Å². The number of nitrogens with zero attached hydrogens (tertiary/aromatic N) is 3. The van der Waals surface area contributed by atoms with Crippen LogP contribution in [-0.4, -0.2) is 58.6 Å². The maximum atomic E-state index is 13.5. The first-order valence-electron chi connectivity index (χ1n) is 10.4. The molecule has 31 heavy (non-hydrogen) atoms. The molecular weight excluding hydrogens is 415 g/mol. The van der Waals surface area contributed by atoms with E-state index in [4.69, 9.17) is 0 Å². The number of aromatic nitrogens is 1. The first kappa shape index (κ1) is 20.2. The van der Waals surface area contributed by atoms with Gasteiger partial charge in [0, 0.05) is 18.5 Å². The smallest absolute Gasteiger partial charge is 0.323 e. The number of likely N-dealkylation sites (tertiary alicyclic amines) is 1. The maximum Gasteiger partial charge on any atom is 0.323 e. The molecule has 5 rings (SSSR count). The number of urea groups is 1. The van der Waals surface area contributed by atoms with Crippen molar-refractivity contribution in [3.8, 4) is 5.75 Å². The molecule has 2 aromatic carbocycles. The van der Waals surface area contributed by atoms with Gasteiger partial charge in [0.1, 0.15) is 11.6 Å². The van der Waals surface area contributed by atoms with Crippen LogP contribution in [0.15, 0.2) is 36.4 Å². The number of carbonyl (C=O) groups excluding carboxylic acids is 1. The van der Waals surface area contributed by atoms with E-state index in [-0.39, 0.29) is 35.1 Å². The van der Waals surface area contributed by atoms with Gasteiger partial charge in [-0.05, 0) is 67.9 Å². The molecule has 0 spiro atoms. The number of piperidine rings is 1. The molecule has 2 aliphatic rings. The van der Waals surface area contributed by atoms with Crippen LogP contribution in [0.1, 0.15) is 24.5 Å². The van der Waals surface area contributed by atoms with E-state index in [1.54, 1.807) is 17.0 Å². The number of halogens is 1. The molecule has 0 radical (unpaired) electrons. The third kappa shape index (κ3) is 3.25. The molecule has 0 saturated carbocycles. The van der Waals surface area contributed by atoms with E-state index < -0.39 is 0 Å². The third-order valence-corrected chi connectivity index (χ3v) is 7.94.